The molecule has 5 heteroatoms. The molecule has 0 radical (unpaired) electrons. The van der Waals surface area contributed by atoms with E-state index in [9.17, 15) is 9.59 Å². The van der Waals surface area contributed by atoms with E-state index in [2.05, 4.69) is 0 Å². The molecule has 0 spiro atoms. The molecule has 1 heterocycles. The average molecular weight is 279 g/mol. The van der Waals surface area contributed by atoms with Crippen molar-refractivity contribution in [1.82, 2.24) is 4.90 Å². The van der Waals surface area contributed by atoms with E-state index in [4.69, 9.17) is 9.52 Å². The van der Waals surface area contributed by atoms with Gasteiger partial charge in [0.2, 0.25) is 0 Å². The van der Waals surface area contributed by atoms with Gasteiger partial charge in [0, 0.05) is 19.0 Å². The Morgan fingerprint density at radius 2 is 2.20 bits per heavy atom. The topological polar surface area (TPSA) is 70.8 Å². The third kappa shape index (κ3) is 3.21. The maximum atomic E-state index is 12.6. The molecule has 1 saturated carbocycles. The second-order valence-corrected chi connectivity index (χ2v) is 5.44. The van der Waals surface area contributed by atoms with E-state index in [-0.39, 0.29) is 18.5 Å². The van der Waals surface area contributed by atoms with Crippen LogP contribution in [0.25, 0.3) is 0 Å². The Labute approximate surface area is 118 Å². The van der Waals surface area contributed by atoms with Crippen LogP contribution in [0.4, 0.5) is 0 Å². The number of aryl methyl sites for hydroxylation is 1. The highest BCUT2D eigenvalue weighted by molar-refractivity contribution is 5.95. The lowest BCUT2D eigenvalue weighted by atomic mass is 10.1. The third-order valence-corrected chi connectivity index (χ3v) is 3.59. The zero-order valence-corrected chi connectivity index (χ0v) is 12.0. The van der Waals surface area contributed by atoms with Gasteiger partial charge in [0.1, 0.15) is 5.76 Å². The van der Waals surface area contributed by atoms with E-state index < -0.39 is 11.9 Å². The highest BCUT2D eigenvalue weighted by Crippen LogP contribution is 2.30. The molecule has 1 aliphatic carbocycles. The summed E-state index contributed by atoms with van der Waals surface area (Å²) in [5, 5.41) is 9.03. The zero-order chi connectivity index (χ0) is 14.7. The summed E-state index contributed by atoms with van der Waals surface area (Å²) in [5.74, 6) is -0.825. The largest absolute Gasteiger partial charge is 0.481 e. The first-order valence-corrected chi connectivity index (χ1v) is 7.14. The Kier molecular flexibility index (Phi) is 4.47. The molecule has 1 N–H and O–H groups in total. The quantitative estimate of drug-likeness (QED) is 0.832. The molecule has 2 rings (SSSR count). The summed E-state index contributed by atoms with van der Waals surface area (Å²) in [6.07, 6.45) is 5.08. The lowest BCUT2D eigenvalue weighted by Crippen LogP contribution is -2.38. The van der Waals surface area contributed by atoms with Crippen LogP contribution in [0.1, 0.15) is 49.2 Å². The number of hydrogen-bond acceptors (Lipinski definition) is 3. The molecule has 1 aliphatic rings. The summed E-state index contributed by atoms with van der Waals surface area (Å²) in [5.41, 5.74) is 0.580. The molecule has 1 atom stereocenters. The number of carbonyl (C=O) groups is 2. The standard InChI is InChI=1S/C15H21NO4/c1-3-4-13-12(7-8-20-13)14(17)16(11-5-6-11)9-10(2)15(18)19/h7-8,10-11H,3-6,9H2,1-2H3,(H,18,19). The van der Waals surface area contributed by atoms with Crippen LogP contribution in [0.15, 0.2) is 16.7 Å². The fourth-order valence-electron chi connectivity index (χ4n) is 2.26. The molecule has 0 saturated heterocycles. The number of aliphatic carboxylic acids is 1. The normalized spacial score (nSPS) is 15.9. The van der Waals surface area contributed by atoms with Gasteiger partial charge in [0.25, 0.3) is 5.91 Å². The Hall–Kier alpha value is -1.78. The van der Waals surface area contributed by atoms with Gasteiger partial charge in [-0.25, -0.2) is 0 Å². The first kappa shape index (κ1) is 14.6. The number of carbonyl (C=O) groups excluding carboxylic acids is 1. The van der Waals surface area contributed by atoms with E-state index in [0.717, 1.165) is 25.7 Å². The van der Waals surface area contributed by atoms with Gasteiger partial charge in [-0.05, 0) is 25.3 Å². The second-order valence-electron chi connectivity index (χ2n) is 5.44. The zero-order valence-electron chi connectivity index (χ0n) is 12.0. The van der Waals surface area contributed by atoms with Gasteiger partial charge >= 0.3 is 5.97 Å². The molecule has 0 aromatic carbocycles. The summed E-state index contributed by atoms with van der Waals surface area (Å²) in [6, 6.07) is 1.88. The minimum atomic E-state index is -0.871. The summed E-state index contributed by atoms with van der Waals surface area (Å²) in [7, 11) is 0. The number of hydrogen-bond donors (Lipinski definition) is 1. The first-order chi connectivity index (χ1) is 9.54. The number of carboxylic acids is 1. The van der Waals surface area contributed by atoms with E-state index in [1.165, 1.54) is 6.26 Å². The third-order valence-electron chi connectivity index (χ3n) is 3.59. The van der Waals surface area contributed by atoms with Crippen molar-refractivity contribution in [3.8, 4) is 0 Å². The molecule has 1 aromatic heterocycles. The van der Waals surface area contributed by atoms with Crippen molar-refractivity contribution in [3.05, 3.63) is 23.7 Å². The number of rotatable bonds is 7. The van der Waals surface area contributed by atoms with Crippen LogP contribution >= 0.6 is 0 Å². The van der Waals surface area contributed by atoms with Crippen LogP contribution in [0.3, 0.4) is 0 Å². The van der Waals surface area contributed by atoms with Gasteiger partial charge in [0.05, 0.1) is 17.7 Å². The van der Waals surface area contributed by atoms with Crippen molar-refractivity contribution >= 4 is 11.9 Å². The molecule has 0 bridgehead atoms. The van der Waals surface area contributed by atoms with E-state index in [1.54, 1.807) is 17.9 Å². The smallest absolute Gasteiger partial charge is 0.308 e. The highest BCUT2D eigenvalue weighted by atomic mass is 16.4. The van der Waals surface area contributed by atoms with Gasteiger partial charge in [-0.3, -0.25) is 9.59 Å². The summed E-state index contributed by atoms with van der Waals surface area (Å²) in [6.45, 7) is 3.92. The van der Waals surface area contributed by atoms with E-state index >= 15 is 0 Å². The van der Waals surface area contributed by atoms with Crippen LogP contribution in [-0.2, 0) is 11.2 Å². The first-order valence-electron chi connectivity index (χ1n) is 7.14. The maximum Gasteiger partial charge on any atom is 0.308 e. The minimum absolute atomic E-state index is 0.0993. The predicted octanol–water partition coefficient (Wildman–Crippen LogP) is 2.56. The summed E-state index contributed by atoms with van der Waals surface area (Å²) >= 11 is 0. The molecular formula is C15H21NO4. The fourth-order valence-corrected chi connectivity index (χ4v) is 2.26. The molecule has 1 fully saturated rings. The van der Waals surface area contributed by atoms with Crippen LogP contribution < -0.4 is 0 Å². The van der Waals surface area contributed by atoms with Crippen LogP contribution in [0, 0.1) is 5.92 Å². The highest BCUT2D eigenvalue weighted by Gasteiger charge is 2.36. The predicted molar refractivity (Wildman–Crippen MR) is 73.6 cm³/mol. The minimum Gasteiger partial charge on any atom is -0.481 e. The van der Waals surface area contributed by atoms with Crippen molar-refractivity contribution < 1.29 is 19.1 Å². The number of carboxylic acid groups (broad SMARTS) is 1. The lowest BCUT2D eigenvalue weighted by molar-refractivity contribution is -0.141. The molecule has 110 valence electrons. The number of nitrogens with zero attached hydrogens (tertiary/aromatic N) is 1. The SMILES string of the molecule is CCCc1occc1C(=O)N(CC(C)C(=O)O)C1CC1. The Bertz CT molecular complexity index is 490. The van der Waals surface area contributed by atoms with Crippen molar-refractivity contribution in [2.24, 2.45) is 5.92 Å². The molecular weight excluding hydrogens is 258 g/mol. The van der Waals surface area contributed by atoms with Gasteiger partial charge in [-0.1, -0.05) is 13.8 Å². The van der Waals surface area contributed by atoms with Gasteiger partial charge in [-0.2, -0.15) is 0 Å². The molecule has 1 aromatic rings. The van der Waals surface area contributed by atoms with Gasteiger partial charge in [-0.15, -0.1) is 0 Å². The van der Waals surface area contributed by atoms with Crippen molar-refractivity contribution in [3.63, 3.8) is 0 Å². The van der Waals surface area contributed by atoms with Crippen molar-refractivity contribution in [2.45, 2.75) is 45.6 Å². The molecule has 0 aliphatic heterocycles. The second kappa shape index (κ2) is 6.11. The Morgan fingerprint density at radius 1 is 1.50 bits per heavy atom. The number of amides is 1. The number of furan rings is 1. The van der Waals surface area contributed by atoms with Crippen molar-refractivity contribution in [1.29, 1.82) is 0 Å². The van der Waals surface area contributed by atoms with Crippen LogP contribution in [-0.4, -0.2) is 34.5 Å². The molecule has 20 heavy (non-hydrogen) atoms. The van der Waals surface area contributed by atoms with E-state index in [1.807, 2.05) is 6.92 Å². The Morgan fingerprint density at radius 3 is 2.75 bits per heavy atom. The monoisotopic (exact) mass is 279 g/mol. The Balaban J connectivity index is 2.14. The van der Waals surface area contributed by atoms with Gasteiger partial charge in [0.15, 0.2) is 0 Å². The van der Waals surface area contributed by atoms with Crippen LogP contribution in [0.5, 0.6) is 0 Å². The lowest BCUT2D eigenvalue weighted by Gasteiger charge is -2.24. The summed E-state index contributed by atoms with van der Waals surface area (Å²) in [4.78, 5) is 25.3. The fraction of sp³-hybridized carbons (Fsp3) is 0.600. The average Bonchev–Trinajstić information content (AvgIpc) is 3.15. The molecule has 5 nitrogen and oxygen atoms in total. The molecule has 1 amide bonds. The molecule has 1 unspecified atom stereocenters. The van der Waals surface area contributed by atoms with Crippen LogP contribution in [0.2, 0.25) is 0 Å². The van der Waals surface area contributed by atoms with Gasteiger partial charge < -0.3 is 14.4 Å². The van der Waals surface area contributed by atoms with E-state index in [0.29, 0.717) is 11.3 Å². The summed E-state index contributed by atoms with van der Waals surface area (Å²) < 4.78 is 5.37. The van der Waals surface area contributed by atoms with Crippen molar-refractivity contribution in [2.75, 3.05) is 6.54 Å². The maximum absolute atomic E-state index is 12.6.